The van der Waals surface area contributed by atoms with E-state index < -0.39 is 10.0 Å². The third-order valence-electron chi connectivity index (χ3n) is 3.58. The number of hydrogen-bond donors (Lipinski definition) is 2. The molecule has 0 aliphatic heterocycles. The molecular weight excluding hydrogens is 308 g/mol. The molecule has 5 heteroatoms. The SMILES string of the molecule is CCCCS(=O)(=O)Nc1ccc(Nc2ccc(CC)cc2)cc1. The largest absolute Gasteiger partial charge is 0.356 e. The van der Waals surface area contributed by atoms with Crippen molar-refractivity contribution in [2.75, 3.05) is 15.8 Å². The molecule has 0 aromatic heterocycles. The maximum absolute atomic E-state index is 11.9. The quantitative estimate of drug-likeness (QED) is 0.746. The molecule has 0 amide bonds. The summed E-state index contributed by atoms with van der Waals surface area (Å²) in [6.07, 6.45) is 2.55. The molecule has 2 aromatic carbocycles. The normalized spacial score (nSPS) is 11.2. The van der Waals surface area contributed by atoms with E-state index in [1.165, 1.54) is 5.56 Å². The molecule has 2 N–H and O–H groups in total. The van der Waals surface area contributed by atoms with E-state index in [9.17, 15) is 8.42 Å². The van der Waals surface area contributed by atoms with Crippen LogP contribution in [0, 0.1) is 0 Å². The molecular formula is C18H24N2O2S. The van der Waals surface area contributed by atoms with Crippen molar-refractivity contribution in [1.29, 1.82) is 0 Å². The average Bonchev–Trinajstić information content (AvgIpc) is 2.55. The molecule has 0 aliphatic carbocycles. The number of nitrogens with one attached hydrogen (secondary N) is 2. The first kappa shape index (κ1) is 17.3. The van der Waals surface area contributed by atoms with Gasteiger partial charge in [-0.3, -0.25) is 4.72 Å². The minimum atomic E-state index is -3.25. The highest BCUT2D eigenvalue weighted by Crippen LogP contribution is 2.20. The van der Waals surface area contributed by atoms with Gasteiger partial charge in [0.25, 0.3) is 0 Å². The fourth-order valence-corrected chi connectivity index (χ4v) is 3.44. The lowest BCUT2D eigenvalue weighted by Gasteiger charge is -2.10. The number of sulfonamides is 1. The van der Waals surface area contributed by atoms with E-state index in [4.69, 9.17) is 0 Å². The minimum absolute atomic E-state index is 0.160. The summed E-state index contributed by atoms with van der Waals surface area (Å²) in [6.45, 7) is 4.10. The van der Waals surface area contributed by atoms with Crippen LogP contribution >= 0.6 is 0 Å². The standard InChI is InChI=1S/C18H24N2O2S/c1-3-5-14-23(21,22)20-18-12-10-17(11-13-18)19-16-8-6-15(4-2)7-9-16/h6-13,19-20H,3-5,14H2,1-2H3. The second-order valence-electron chi connectivity index (χ2n) is 5.53. The molecule has 23 heavy (non-hydrogen) atoms. The van der Waals surface area contributed by atoms with E-state index >= 15 is 0 Å². The van der Waals surface area contributed by atoms with Crippen LogP contribution in [-0.2, 0) is 16.4 Å². The van der Waals surface area contributed by atoms with E-state index in [-0.39, 0.29) is 5.75 Å². The first-order valence-electron chi connectivity index (χ1n) is 7.99. The van der Waals surface area contributed by atoms with Crippen molar-refractivity contribution in [2.24, 2.45) is 0 Å². The number of unbranched alkanes of at least 4 members (excludes halogenated alkanes) is 1. The Morgan fingerprint density at radius 3 is 1.87 bits per heavy atom. The number of aryl methyl sites for hydroxylation is 1. The number of rotatable bonds is 8. The fourth-order valence-electron chi connectivity index (χ4n) is 2.18. The molecule has 2 aromatic rings. The molecule has 124 valence electrons. The zero-order chi connectivity index (χ0) is 16.7. The van der Waals surface area contributed by atoms with Crippen molar-refractivity contribution in [3.63, 3.8) is 0 Å². The van der Waals surface area contributed by atoms with Crippen LogP contribution in [0.4, 0.5) is 17.1 Å². The van der Waals surface area contributed by atoms with Gasteiger partial charge in [0.05, 0.1) is 5.75 Å². The highest BCUT2D eigenvalue weighted by Gasteiger charge is 2.09. The van der Waals surface area contributed by atoms with Crippen molar-refractivity contribution in [3.8, 4) is 0 Å². The van der Waals surface area contributed by atoms with Crippen LogP contribution in [0.2, 0.25) is 0 Å². The molecule has 0 saturated carbocycles. The summed E-state index contributed by atoms with van der Waals surface area (Å²) in [7, 11) is -3.25. The van der Waals surface area contributed by atoms with Crippen LogP contribution in [0.3, 0.4) is 0 Å². The summed E-state index contributed by atoms with van der Waals surface area (Å²) in [6, 6.07) is 15.5. The molecule has 0 fully saturated rings. The zero-order valence-electron chi connectivity index (χ0n) is 13.7. The molecule has 0 radical (unpaired) electrons. The smallest absolute Gasteiger partial charge is 0.232 e. The second-order valence-corrected chi connectivity index (χ2v) is 7.37. The summed E-state index contributed by atoms with van der Waals surface area (Å²) in [5.74, 6) is 0.160. The summed E-state index contributed by atoms with van der Waals surface area (Å²) >= 11 is 0. The summed E-state index contributed by atoms with van der Waals surface area (Å²) in [5.41, 5.74) is 3.82. The Morgan fingerprint density at radius 2 is 1.35 bits per heavy atom. The summed E-state index contributed by atoms with van der Waals surface area (Å²) in [5, 5.41) is 3.30. The van der Waals surface area contributed by atoms with Crippen LogP contribution in [0.5, 0.6) is 0 Å². The van der Waals surface area contributed by atoms with Crippen LogP contribution in [0.15, 0.2) is 48.5 Å². The van der Waals surface area contributed by atoms with Crippen LogP contribution in [-0.4, -0.2) is 14.2 Å². The lowest BCUT2D eigenvalue weighted by molar-refractivity contribution is 0.598. The number of benzene rings is 2. The van der Waals surface area contributed by atoms with Gasteiger partial charge in [0.2, 0.25) is 10.0 Å². The van der Waals surface area contributed by atoms with E-state index in [1.54, 1.807) is 12.1 Å². The molecule has 0 bridgehead atoms. The van der Waals surface area contributed by atoms with E-state index in [2.05, 4.69) is 29.1 Å². The van der Waals surface area contributed by atoms with Gasteiger partial charge >= 0.3 is 0 Å². The highest BCUT2D eigenvalue weighted by atomic mass is 32.2. The van der Waals surface area contributed by atoms with Crippen LogP contribution in [0.1, 0.15) is 32.3 Å². The van der Waals surface area contributed by atoms with Crippen molar-refractivity contribution >= 4 is 27.1 Å². The zero-order valence-corrected chi connectivity index (χ0v) is 14.5. The Morgan fingerprint density at radius 1 is 0.826 bits per heavy atom. The molecule has 0 aliphatic rings. The van der Waals surface area contributed by atoms with Gasteiger partial charge in [-0.25, -0.2) is 8.42 Å². The fraction of sp³-hybridized carbons (Fsp3) is 0.333. The molecule has 2 rings (SSSR count). The third-order valence-corrected chi connectivity index (χ3v) is 4.95. The maximum atomic E-state index is 11.9. The Balaban J connectivity index is 1.98. The van der Waals surface area contributed by atoms with Gasteiger partial charge in [0, 0.05) is 17.1 Å². The predicted molar refractivity (Wildman–Crippen MR) is 97.9 cm³/mol. The second kappa shape index (κ2) is 8.02. The highest BCUT2D eigenvalue weighted by molar-refractivity contribution is 7.92. The summed E-state index contributed by atoms with van der Waals surface area (Å²) in [4.78, 5) is 0. The van der Waals surface area contributed by atoms with Gasteiger partial charge in [0.1, 0.15) is 0 Å². The number of anilines is 3. The van der Waals surface area contributed by atoms with E-state index in [0.29, 0.717) is 12.1 Å². The van der Waals surface area contributed by atoms with Crippen LogP contribution < -0.4 is 10.0 Å². The monoisotopic (exact) mass is 332 g/mol. The average molecular weight is 332 g/mol. The molecule has 0 atom stereocenters. The lowest BCUT2D eigenvalue weighted by Crippen LogP contribution is -2.16. The first-order valence-corrected chi connectivity index (χ1v) is 9.64. The third kappa shape index (κ3) is 5.60. The first-order chi connectivity index (χ1) is 11.0. The molecule has 0 unspecified atom stereocenters. The maximum Gasteiger partial charge on any atom is 0.232 e. The Hall–Kier alpha value is -2.01. The minimum Gasteiger partial charge on any atom is -0.356 e. The van der Waals surface area contributed by atoms with E-state index in [0.717, 1.165) is 24.2 Å². The number of hydrogen-bond acceptors (Lipinski definition) is 3. The Bertz CT molecular complexity index is 708. The molecule has 4 nitrogen and oxygen atoms in total. The molecule has 0 saturated heterocycles. The predicted octanol–water partition coefficient (Wildman–Crippen LogP) is 4.53. The Labute approximate surface area is 139 Å². The van der Waals surface area contributed by atoms with Crippen LogP contribution in [0.25, 0.3) is 0 Å². The van der Waals surface area contributed by atoms with Gasteiger partial charge in [-0.15, -0.1) is 0 Å². The van der Waals surface area contributed by atoms with Gasteiger partial charge in [0.15, 0.2) is 0 Å². The van der Waals surface area contributed by atoms with Gasteiger partial charge in [-0.1, -0.05) is 32.4 Å². The Kier molecular flexibility index (Phi) is 6.04. The van der Waals surface area contributed by atoms with Gasteiger partial charge in [-0.2, -0.15) is 0 Å². The van der Waals surface area contributed by atoms with E-state index in [1.807, 2.05) is 31.2 Å². The summed E-state index contributed by atoms with van der Waals surface area (Å²) < 4.78 is 26.3. The molecule has 0 heterocycles. The van der Waals surface area contributed by atoms with Crippen molar-refractivity contribution in [1.82, 2.24) is 0 Å². The van der Waals surface area contributed by atoms with Crippen molar-refractivity contribution < 1.29 is 8.42 Å². The lowest BCUT2D eigenvalue weighted by atomic mass is 10.1. The van der Waals surface area contributed by atoms with Crippen molar-refractivity contribution in [3.05, 3.63) is 54.1 Å². The molecule has 0 spiro atoms. The van der Waals surface area contributed by atoms with Gasteiger partial charge < -0.3 is 5.32 Å². The van der Waals surface area contributed by atoms with Gasteiger partial charge in [-0.05, 0) is 54.8 Å². The van der Waals surface area contributed by atoms with Crippen molar-refractivity contribution in [2.45, 2.75) is 33.1 Å². The topological polar surface area (TPSA) is 58.2 Å².